The molecule has 40 heavy (non-hydrogen) atoms. The minimum atomic E-state index is -4.13. The van der Waals surface area contributed by atoms with Gasteiger partial charge in [0.2, 0.25) is 11.8 Å². The molecule has 1 aliphatic rings. The predicted octanol–water partition coefficient (Wildman–Crippen LogP) is 5.97. The molecule has 0 aromatic heterocycles. The van der Waals surface area contributed by atoms with Crippen LogP contribution in [0.1, 0.15) is 43.7 Å². The number of para-hydroxylation sites is 1. The molecule has 0 aliphatic heterocycles. The van der Waals surface area contributed by atoms with E-state index in [0.717, 1.165) is 30.0 Å². The largest absolute Gasteiger partial charge is 0.352 e. The number of carbonyl (C=O) groups is 2. The molecule has 1 N–H and O–H groups in total. The number of hydrogen-bond acceptors (Lipinski definition) is 4. The summed E-state index contributed by atoms with van der Waals surface area (Å²) in [5.74, 6) is -0.871. The maximum Gasteiger partial charge on any atom is 0.264 e. The highest BCUT2D eigenvalue weighted by Gasteiger charge is 2.34. The second kappa shape index (κ2) is 13.1. The fraction of sp³-hybridized carbons (Fsp3) is 0.333. The molecule has 10 heteroatoms. The van der Waals surface area contributed by atoms with Crippen LogP contribution in [0, 0.1) is 6.92 Å². The van der Waals surface area contributed by atoms with Gasteiger partial charge in [-0.3, -0.25) is 13.9 Å². The van der Waals surface area contributed by atoms with Gasteiger partial charge in [-0.25, -0.2) is 8.42 Å². The zero-order chi connectivity index (χ0) is 28.9. The van der Waals surface area contributed by atoms with Crippen LogP contribution < -0.4 is 9.62 Å². The number of nitrogens with zero attached hydrogens (tertiary/aromatic N) is 2. The molecule has 0 radical (unpaired) electrons. The first-order valence-electron chi connectivity index (χ1n) is 13.3. The van der Waals surface area contributed by atoms with Gasteiger partial charge in [-0.05, 0) is 62.6 Å². The molecule has 2 amide bonds. The van der Waals surface area contributed by atoms with Crippen molar-refractivity contribution in [1.29, 1.82) is 0 Å². The van der Waals surface area contributed by atoms with Crippen molar-refractivity contribution >= 4 is 50.7 Å². The van der Waals surface area contributed by atoms with Crippen LogP contribution in [0.3, 0.4) is 0 Å². The van der Waals surface area contributed by atoms with Gasteiger partial charge < -0.3 is 10.2 Å². The highest BCUT2D eigenvalue weighted by atomic mass is 35.5. The third kappa shape index (κ3) is 6.79. The monoisotopic (exact) mass is 601 g/mol. The average Bonchev–Trinajstić information content (AvgIpc) is 3.45. The van der Waals surface area contributed by atoms with Crippen LogP contribution in [0.4, 0.5) is 5.69 Å². The van der Waals surface area contributed by atoms with E-state index in [-0.39, 0.29) is 23.4 Å². The molecule has 1 fully saturated rings. The summed E-state index contributed by atoms with van der Waals surface area (Å²) in [5, 5.41) is 3.75. The number of nitrogens with one attached hydrogen (secondary N) is 1. The maximum atomic E-state index is 14.1. The van der Waals surface area contributed by atoms with Crippen molar-refractivity contribution in [2.24, 2.45) is 0 Å². The Bertz CT molecular complexity index is 1440. The Labute approximate surface area is 246 Å². The van der Waals surface area contributed by atoms with Crippen molar-refractivity contribution in [1.82, 2.24) is 10.2 Å². The first-order valence-corrected chi connectivity index (χ1v) is 15.5. The van der Waals surface area contributed by atoms with Crippen LogP contribution in [0.15, 0.2) is 77.7 Å². The minimum absolute atomic E-state index is 0.0535. The molecule has 0 unspecified atom stereocenters. The van der Waals surface area contributed by atoms with Crippen LogP contribution in [-0.2, 0) is 26.2 Å². The van der Waals surface area contributed by atoms with Crippen LogP contribution in [0.2, 0.25) is 10.0 Å². The van der Waals surface area contributed by atoms with Gasteiger partial charge in [-0.1, -0.05) is 78.5 Å². The molecule has 4 rings (SSSR count). The number of benzene rings is 3. The molecule has 1 atom stereocenters. The molecule has 3 aromatic carbocycles. The molecule has 3 aromatic rings. The van der Waals surface area contributed by atoms with E-state index in [0.29, 0.717) is 26.9 Å². The standard InChI is InChI=1S/C30H33Cl2N3O4S/c1-21-11-6-9-18-28(21)35(40(38,39)24-14-4-3-5-15-24)20-29(36)34(19-25-26(31)16-10-17-27(25)32)22(2)30(37)33-23-12-7-8-13-23/h3-6,9-11,14-18,22-23H,7-8,12-13,19-20H2,1-2H3,(H,33,37)/t22-/m0/s1. The van der Waals surface area contributed by atoms with Crippen molar-refractivity contribution in [2.75, 3.05) is 10.8 Å². The second-order valence-electron chi connectivity index (χ2n) is 10.00. The number of rotatable bonds is 10. The highest BCUT2D eigenvalue weighted by Crippen LogP contribution is 2.29. The van der Waals surface area contributed by atoms with E-state index in [1.54, 1.807) is 74.5 Å². The molecule has 0 heterocycles. The summed E-state index contributed by atoms with van der Waals surface area (Å²) < 4.78 is 28.9. The maximum absolute atomic E-state index is 14.1. The highest BCUT2D eigenvalue weighted by molar-refractivity contribution is 7.92. The summed E-state index contributed by atoms with van der Waals surface area (Å²) in [5.41, 5.74) is 1.54. The zero-order valence-electron chi connectivity index (χ0n) is 22.5. The van der Waals surface area contributed by atoms with Crippen molar-refractivity contribution in [3.05, 3.63) is 94.0 Å². The normalized spacial score (nSPS) is 14.5. The predicted molar refractivity (Wildman–Crippen MR) is 159 cm³/mol. The van der Waals surface area contributed by atoms with Crippen LogP contribution in [-0.4, -0.2) is 43.8 Å². The molecular formula is C30H33Cl2N3O4S. The summed E-state index contributed by atoms with van der Waals surface area (Å²) in [6.07, 6.45) is 3.86. The van der Waals surface area contributed by atoms with Crippen LogP contribution in [0.5, 0.6) is 0 Å². The Morgan fingerprint density at radius 3 is 2.15 bits per heavy atom. The van der Waals surface area contributed by atoms with Gasteiger partial charge in [0.05, 0.1) is 10.6 Å². The van der Waals surface area contributed by atoms with Gasteiger partial charge in [0.15, 0.2) is 0 Å². The first kappa shape index (κ1) is 29.9. The Morgan fingerprint density at radius 1 is 0.925 bits per heavy atom. The van der Waals surface area contributed by atoms with Gasteiger partial charge in [0.1, 0.15) is 12.6 Å². The Morgan fingerprint density at radius 2 is 1.52 bits per heavy atom. The van der Waals surface area contributed by atoms with Gasteiger partial charge in [0.25, 0.3) is 10.0 Å². The van der Waals surface area contributed by atoms with Crippen LogP contribution in [0.25, 0.3) is 0 Å². The fourth-order valence-corrected chi connectivity index (χ4v) is 6.92. The van der Waals surface area contributed by atoms with E-state index >= 15 is 0 Å². The topological polar surface area (TPSA) is 86.8 Å². The van der Waals surface area contributed by atoms with E-state index in [4.69, 9.17) is 23.2 Å². The number of anilines is 1. The molecule has 1 aliphatic carbocycles. The summed E-state index contributed by atoms with van der Waals surface area (Å²) in [7, 11) is -4.13. The van der Waals surface area contributed by atoms with E-state index in [1.165, 1.54) is 17.0 Å². The fourth-order valence-electron chi connectivity index (χ4n) is 4.90. The second-order valence-corrected chi connectivity index (χ2v) is 12.7. The summed E-state index contributed by atoms with van der Waals surface area (Å²) in [6, 6.07) is 19.1. The molecule has 0 bridgehead atoms. The van der Waals surface area contributed by atoms with Gasteiger partial charge in [-0.15, -0.1) is 0 Å². The molecule has 1 saturated carbocycles. The lowest BCUT2D eigenvalue weighted by Gasteiger charge is -2.33. The lowest BCUT2D eigenvalue weighted by atomic mass is 10.1. The molecule has 7 nitrogen and oxygen atoms in total. The number of aryl methyl sites for hydroxylation is 1. The van der Waals surface area contributed by atoms with Crippen molar-refractivity contribution < 1.29 is 18.0 Å². The Balaban J connectivity index is 1.72. The first-order chi connectivity index (χ1) is 19.1. The quantitative estimate of drug-likeness (QED) is 0.310. The lowest BCUT2D eigenvalue weighted by Crippen LogP contribution is -2.52. The Kier molecular flexibility index (Phi) is 9.77. The number of sulfonamides is 1. The molecule has 0 saturated heterocycles. The number of carbonyl (C=O) groups excluding carboxylic acids is 2. The smallest absolute Gasteiger partial charge is 0.264 e. The molecule has 0 spiro atoms. The zero-order valence-corrected chi connectivity index (χ0v) is 24.8. The number of amides is 2. The summed E-state index contributed by atoms with van der Waals surface area (Å²) >= 11 is 12.9. The minimum Gasteiger partial charge on any atom is -0.352 e. The van der Waals surface area contributed by atoms with Crippen molar-refractivity contribution in [2.45, 2.75) is 63.1 Å². The summed E-state index contributed by atoms with van der Waals surface area (Å²) in [4.78, 5) is 28.8. The van der Waals surface area contributed by atoms with Crippen molar-refractivity contribution in [3.8, 4) is 0 Å². The third-order valence-corrected chi connectivity index (χ3v) is 9.74. The third-order valence-electron chi connectivity index (χ3n) is 7.25. The Hall–Kier alpha value is -3.07. The number of hydrogen-bond donors (Lipinski definition) is 1. The van der Waals surface area contributed by atoms with Gasteiger partial charge >= 0.3 is 0 Å². The summed E-state index contributed by atoms with van der Waals surface area (Å²) in [6.45, 7) is 2.83. The SMILES string of the molecule is Cc1ccccc1N(CC(=O)N(Cc1c(Cl)cccc1Cl)[C@@H](C)C(=O)NC1CCCC1)S(=O)(=O)c1ccccc1. The lowest BCUT2D eigenvalue weighted by molar-refractivity contribution is -0.139. The van der Waals surface area contributed by atoms with E-state index in [9.17, 15) is 18.0 Å². The van der Waals surface area contributed by atoms with Gasteiger partial charge in [-0.2, -0.15) is 0 Å². The van der Waals surface area contributed by atoms with E-state index in [2.05, 4.69) is 5.32 Å². The average molecular weight is 603 g/mol. The molecular weight excluding hydrogens is 569 g/mol. The number of halogens is 2. The molecule has 212 valence electrons. The van der Waals surface area contributed by atoms with Crippen LogP contribution >= 0.6 is 23.2 Å². The van der Waals surface area contributed by atoms with Gasteiger partial charge in [0, 0.05) is 28.2 Å². The van der Waals surface area contributed by atoms with E-state index in [1.807, 2.05) is 0 Å². The van der Waals surface area contributed by atoms with Crippen molar-refractivity contribution in [3.63, 3.8) is 0 Å². The van der Waals surface area contributed by atoms with E-state index < -0.39 is 28.5 Å².